The predicted octanol–water partition coefficient (Wildman–Crippen LogP) is 4.10. The van der Waals surface area contributed by atoms with Crippen LogP contribution in [0.1, 0.15) is 21.8 Å². The molecule has 0 fully saturated rings. The molecular weight excluding hydrogens is 360 g/mol. The molecule has 3 heterocycles. The topological polar surface area (TPSA) is 64.4 Å². The Morgan fingerprint density at radius 3 is 3.00 bits per heavy atom. The summed E-state index contributed by atoms with van der Waals surface area (Å²) in [7, 11) is 0. The van der Waals surface area contributed by atoms with Crippen LogP contribution >= 0.6 is 22.9 Å². The second-order valence-electron chi connectivity index (χ2n) is 5.94. The van der Waals surface area contributed by atoms with Crippen LogP contribution in [0.15, 0.2) is 39.5 Å². The Morgan fingerprint density at radius 2 is 2.28 bits per heavy atom. The van der Waals surface area contributed by atoms with Crippen molar-refractivity contribution in [3.8, 4) is 16.9 Å². The lowest BCUT2D eigenvalue weighted by Gasteiger charge is -2.11. The number of aromatic nitrogens is 1. The molecule has 2 aromatic heterocycles. The smallest absolute Gasteiger partial charge is 0.273 e. The molecule has 0 aliphatic carbocycles. The number of thiophene rings is 1. The van der Waals surface area contributed by atoms with Crippen molar-refractivity contribution in [2.75, 3.05) is 6.54 Å². The second-order valence-corrected chi connectivity index (χ2v) is 7.12. The molecule has 5 nitrogen and oxygen atoms in total. The van der Waals surface area contributed by atoms with Gasteiger partial charge in [-0.3, -0.25) is 4.79 Å². The van der Waals surface area contributed by atoms with Crippen molar-refractivity contribution < 1.29 is 14.1 Å². The quantitative estimate of drug-likeness (QED) is 0.746. The number of hydrogen-bond acceptors (Lipinski definition) is 5. The number of hydrogen-bond donors (Lipinski definition) is 1. The van der Waals surface area contributed by atoms with Crippen LogP contribution in [-0.2, 0) is 6.42 Å². The SMILES string of the molecule is Cc1cc(C(=O)NC[C@H]2Cc3cc(-c4ccsc4)cc(Cl)c3O2)no1. The van der Waals surface area contributed by atoms with Crippen LogP contribution in [0.3, 0.4) is 0 Å². The second kappa shape index (κ2) is 6.54. The zero-order valence-corrected chi connectivity index (χ0v) is 15.0. The van der Waals surface area contributed by atoms with Crippen LogP contribution in [0, 0.1) is 6.92 Å². The molecule has 1 atom stereocenters. The zero-order valence-electron chi connectivity index (χ0n) is 13.4. The van der Waals surface area contributed by atoms with Crippen LogP contribution < -0.4 is 10.1 Å². The Kier molecular flexibility index (Phi) is 4.23. The molecule has 0 saturated heterocycles. The summed E-state index contributed by atoms with van der Waals surface area (Å²) in [6, 6.07) is 7.69. The minimum Gasteiger partial charge on any atom is -0.486 e. The van der Waals surface area contributed by atoms with Crippen LogP contribution in [0.4, 0.5) is 0 Å². The predicted molar refractivity (Wildman–Crippen MR) is 96.5 cm³/mol. The Balaban J connectivity index is 1.44. The molecule has 0 saturated carbocycles. The molecule has 7 heteroatoms. The lowest BCUT2D eigenvalue weighted by atomic mass is 10.0. The number of ether oxygens (including phenoxy) is 1. The van der Waals surface area contributed by atoms with Gasteiger partial charge >= 0.3 is 0 Å². The summed E-state index contributed by atoms with van der Waals surface area (Å²) >= 11 is 8.04. The van der Waals surface area contributed by atoms with Crippen molar-refractivity contribution in [3.05, 3.63) is 57.1 Å². The van der Waals surface area contributed by atoms with E-state index in [2.05, 4.69) is 28.0 Å². The number of carbonyl (C=O) groups is 1. The summed E-state index contributed by atoms with van der Waals surface area (Å²) in [5.41, 5.74) is 3.56. The van der Waals surface area contributed by atoms with E-state index in [-0.39, 0.29) is 17.7 Å². The van der Waals surface area contributed by atoms with Gasteiger partial charge in [0.2, 0.25) is 0 Å². The average molecular weight is 375 g/mol. The number of nitrogens with one attached hydrogen (secondary N) is 1. The van der Waals surface area contributed by atoms with Gasteiger partial charge < -0.3 is 14.6 Å². The van der Waals surface area contributed by atoms with Gasteiger partial charge in [0.15, 0.2) is 5.69 Å². The molecular formula is C18H15ClN2O3S. The Hall–Kier alpha value is -2.31. The fraction of sp³-hybridized carbons (Fsp3) is 0.222. The minimum absolute atomic E-state index is 0.151. The number of fused-ring (bicyclic) bond motifs is 1. The van der Waals surface area contributed by atoms with Crippen molar-refractivity contribution in [1.82, 2.24) is 10.5 Å². The Labute approximate surface area is 153 Å². The minimum atomic E-state index is -0.276. The molecule has 0 bridgehead atoms. The zero-order chi connectivity index (χ0) is 17.4. The van der Waals surface area contributed by atoms with E-state index in [4.69, 9.17) is 20.9 Å². The molecule has 1 N–H and O–H groups in total. The summed E-state index contributed by atoms with van der Waals surface area (Å²) in [6.45, 7) is 2.12. The molecule has 0 spiro atoms. The first-order valence-electron chi connectivity index (χ1n) is 7.83. The van der Waals surface area contributed by atoms with Crippen molar-refractivity contribution >= 4 is 28.8 Å². The lowest BCUT2D eigenvalue weighted by Crippen LogP contribution is -2.34. The standard InChI is InChI=1S/C18H15ClN2O3S/c1-10-4-16(21-24-10)18(22)20-8-14-6-13-5-12(11-2-3-25-9-11)7-15(19)17(13)23-14/h2-5,7,9,14H,6,8H2,1H3,(H,20,22)/t14-/m1/s1. The van der Waals surface area contributed by atoms with Gasteiger partial charge in [-0.15, -0.1) is 0 Å². The van der Waals surface area contributed by atoms with Crippen LogP contribution in [-0.4, -0.2) is 23.7 Å². The number of halogens is 1. The third-order valence-corrected chi connectivity index (χ3v) is 5.02. The molecule has 128 valence electrons. The van der Waals surface area contributed by atoms with Gasteiger partial charge in [0, 0.05) is 18.1 Å². The Morgan fingerprint density at radius 1 is 1.40 bits per heavy atom. The molecule has 0 radical (unpaired) electrons. The summed E-state index contributed by atoms with van der Waals surface area (Å²) in [5.74, 6) is 1.03. The lowest BCUT2D eigenvalue weighted by molar-refractivity contribution is 0.0924. The van der Waals surface area contributed by atoms with E-state index in [1.807, 2.05) is 11.4 Å². The number of aryl methyl sites for hydroxylation is 1. The van der Waals surface area contributed by atoms with Gasteiger partial charge in [0.25, 0.3) is 5.91 Å². The summed E-state index contributed by atoms with van der Waals surface area (Å²) < 4.78 is 10.8. The van der Waals surface area contributed by atoms with Gasteiger partial charge in [-0.2, -0.15) is 11.3 Å². The van der Waals surface area contributed by atoms with Crippen LogP contribution in [0.2, 0.25) is 5.02 Å². The molecule has 1 aromatic carbocycles. The van der Waals surface area contributed by atoms with E-state index in [9.17, 15) is 4.79 Å². The van der Waals surface area contributed by atoms with E-state index in [0.29, 0.717) is 29.5 Å². The van der Waals surface area contributed by atoms with Crippen molar-refractivity contribution in [2.24, 2.45) is 0 Å². The van der Waals surface area contributed by atoms with Gasteiger partial charge in [-0.25, -0.2) is 0 Å². The number of carbonyl (C=O) groups excluding carboxylic acids is 1. The number of rotatable bonds is 4. The van der Waals surface area contributed by atoms with Gasteiger partial charge in [-0.05, 0) is 47.0 Å². The molecule has 25 heavy (non-hydrogen) atoms. The van der Waals surface area contributed by atoms with E-state index in [1.165, 1.54) is 0 Å². The van der Waals surface area contributed by atoms with Crippen LogP contribution in [0.25, 0.3) is 11.1 Å². The molecule has 1 aliphatic heterocycles. The average Bonchev–Trinajstić information content (AvgIpc) is 3.32. The summed E-state index contributed by atoms with van der Waals surface area (Å²) in [6.07, 6.45) is 0.549. The summed E-state index contributed by atoms with van der Waals surface area (Å²) in [5, 5.41) is 11.3. The van der Waals surface area contributed by atoms with E-state index in [0.717, 1.165) is 16.7 Å². The maximum absolute atomic E-state index is 12.1. The third kappa shape index (κ3) is 3.27. The first kappa shape index (κ1) is 16.2. The number of amides is 1. The Bertz CT molecular complexity index is 921. The number of benzene rings is 1. The molecule has 3 aromatic rings. The van der Waals surface area contributed by atoms with E-state index >= 15 is 0 Å². The van der Waals surface area contributed by atoms with E-state index < -0.39 is 0 Å². The fourth-order valence-corrected chi connectivity index (χ4v) is 3.82. The highest BCUT2D eigenvalue weighted by Crippen LogP contribution is 2.39. The van der Waals surface area contributed by atoms with Crippen molar-refractivity contribution in [1.29, 1.82) is 0 Å². The van der Waals surface area contributed by atoms with Crippen molar-refractivity contribution in [2.45, 2.75) is 19.4 Å². The van der Waals surface area contributed by atoms with Gasteiger partial charge in [-0.1, -0.05) is 16.8 Å². The monoisotopic (exact) mass is 374 g/mol. The first-order valence-corrected chi connectivity index (χ1v) is 9.15. The maximum Gasteiger partial charge on any atom is 0.273 e. The highest BCUT2D eigenvalue weighted by atomic mass is 35.5. The fourth-order valence-electron chi connectivity index (χ4n) is 2.87. The highest BCUT2D eigenvalue weighted by Gasteiger charge is 2.27. The normalized spacial score (nSPS) is 15.7. The van der Waals surface area contributed by atoms with Gasteiger partial charge in [0.1, 0.15) is 17.6 Å². The maximum atomic E-state index is 12.1. The van der Waals surface area contributed by atoms with Crippen LogP contribution in [0.5, 0.6) is 5.75 Å². The first-order chi connectivity index (χ1) is 12.1. The molecule has 0 unspecified atom stereocenters. The molecule has 1 amide bonds. The van der Waals surface area contributed by atoms with Gasteiger partial charge in [0.05, 0.1) is 11.6 Å². The summed E-state index contributed by atoms with van der Waals surface area (Å²) in [4.78, 5) is 12.1. The van der Waals surface area contributed by atoms with Crippen molar-refractivity contribution in [3.63, 3.8) is 0 Å². The number of nitrogens with zero attached hydrogens (tertiary/aromatic N) is 1. The highest BCUT2D eigenvalue weighted by molar-refractivity contribution is 7.08. The molecule has 4 rings (SSSR count). The molecule has 1 aliphatic rings. The van der Waals surface area contributed by atoms with E-state index in [1.54, 1.807) is 24.3 Å². The third-order valence-electron chi connectivity index (χ3n) is 4.06. The largest absolute Gasteiger partial charge is 0.486 e.